The highest BCUT2D eigenvalue weighted by molar-refractivity contribution is 7.86. The second-order valence-electron chi connectivity index (χ2n) is 12.3. The summed E-state index contributed by atoms with van der Waals surface area (Å²) in [5, 5.41) is 3.01. The summed E-state index contributed by atoms with van der Waals surface area (Å²) < 4.78 is 62.5. The Morgan fingerprint density at radius 1 is 1.21 bits per heavy atom. The molecule has 2 aliphatic rings. The molecule has 1 saturated heterocycles. The number of nitrogens with one attached hydrogen (secondary N) is 1. The first-order valence-corrected chi connectivity index (χ1v) is 15.8. The normalized spacial score (nSPS) is 21.9. The summed E-state index contributed by atoms with van der Waals surface area (Å²) in [4.78, 5) is 28.0. The van der Waals surface area contributed by atoms with Gasteiger partial charge < -0.3 is 14.8 Å². The Morgan fingerprint density at radius 2 is 1.90 bits per heavy atom. The van der Waals surface area contributed by atoms with Crippen molar-refractivity contribution in [3.8, 4) is 5.75 Å². The number of anilines is 1. The lowest BCUT2D eigenvalue weighted by Crippen LogP contribution is -2.54. The summed E-state index contributed by atoms with van der Waals surface area (Å²) in [7, 11) is -4.81. The van der Waals surface area contributed by atoms with Gasteiger partial charge in [-0.05, 0) is 101 Å². The third kappa shape index (κ3) is 7.11. The predicted molar refractivity (Wildman–Crippen MR) is 155 cm³/mol. The maximum absolute atomic E-state index is 15.3. The van der Waals surface area contributed by atoms with E-state index in [9.17, 15) is 21.9 Å². The van der Waals surface area contributed by atoms with Crippen molar-refractivity contribution in [1.29, 1.82) is 0 Å². The molecule has 1 N–H and O–H groups in total. The van der Waals surface area contributed by atoms with Gasteiger partial charge in [0.2, 0.25) is 5.91 Å². The van der Waals surface area contributed by atoms with Gasteiger partial charge in [-0.15, -0.1) is 3.89 Å². The van der Waals surface area contributed by atoms with E-state index in [1.807, 2.05) is 11.8 Å². The molecule has 0 bridgehead atoms. The minimum atomic E-state index is -4.81. The summed E-state index contributed by atoms with van der Waals surface area (Å²) in [6.45, 7) is 10.2. The van der Waals surface area contributed by atoms with E-state index in [0.717, 1.165) is 25.0 Å². The molecule has 4 rings (SSSR count). The van der Waals surface area contributed by atoms with E-state index < -0.39 is 32.1 Å². The number of carbonyl (C=O) groups is 2. The number of piperidine rings is 1. The van der Waals surface area contributed by atoms with Crippen LogP contribution in [0.5, 0.6) is 5.75 Å². The number of ether oxygens (including phenoxy) is 2. The number of benzene rings is 2. The number of likely N-dealkylation sites (tertiary alicyclic amines) is 1. The van der Waals surface area contributed by atoms with Gasteiger partial charge >= 0.3 is 16.2 Å². The van der Waals surface area contributed by atoms with Crippen LogP contribution in [0.4, 0.5) is 14.0 Å². The van der Waals surface area contributed by atoms with Crippen LogP contribution in [0.1, 0.15) is 90.2 Å². The summed E-state index contributed by atoms with van der Waals surface area (Å²) >= 11 is 0. The fraction of sp³-hybridized carbons (Fsp3) is 0.548. The van der Waals surface area contributed by atoms with E-state index in [-0.39, 0.29) is 30.3 Å². The number of esters is 1. The fourth-order valence-electron chi connectivity index (χ4n) is 5.86. The van der Waals surface area contributed by atoms with Crippen molar-refractivity contribution in [2.75, 3.05) is 18.4 Å². The lowest BCUT2D eigenvalue weighted by atomic mass is 9.84. The third-order valence-corrected chi connectivity index (χ3v) is 8.77. The van der Waals surface area contributed by atoms with Gasteiger partial charge in [-0.3, -0.25) is 14.5 Å². The smallest absolute Gasteiger partial charge is 0.332 e. The Labute approximate surface area is 247 Å². The maximum Gasteiger partial charge on any atom is 0.332 e. The summed E-state index contributed by atoms with van der Waals surface area (Å²) in [6, 6.07) is 7.88. The number of carbonyl (C=O) groups excluding carboxylic acids is 2. The molecule has 1 amide bonds. The van der Waals surface area contributed by atoms with Gasteiger partial charge in [0.25, 0.3) is 0 Å². The summed E-state index contributed by atoms with van der Waals surface area (Å²) in [5.74, 6) is -1.09. The van der Waals surface area contributed by atoms with Crippen molar-refractivity contribution in [1.82, 2.24) is 4.90 Å². The number of unbranched alkanes of at least 4 members (excludes halogenated alkanes) is 1. The highest BCUT2D eigenvalue weighted by Gasteiger charge is 2.50. The van der Waals surface area contributed by atoms with Crippen molar-refractivity contribution in [3.05, 3.63) is 53.3 Å². The number of rotatable bonds is 10. The lowest BCUT2D eigenvalue weighted by molar-refractivity contribution is -0.155. The number of nitrogens with zero attached hydrogens (tertiary/aromatic N) is 1. The quantitative estimate of drug-likeness (QED) is 0.254. The van der Waals surface area contributed by atoms with Crippen molar-refractivity contribution in [2.45, 2.75) is 101 Å². The third-order valence-electron chi connectivity index (χ3n) is 7.94. The highest BCUT2D eigenvalue weighted by Crippen LogP contribution is 2.47. The average Bonchev–Trinajstić information content (AvgIpc) is 3.15. The van der Waals surface area contributed by atoms with Gasteiger partial charge in [0.05, 0.1) is 17.0 Å². The first kappa shape index (κ1) is 31.9. The van der Waals surface area contributed by atoms with E-state index in [1.165, 1.54) is 24.3 Å². The van der Waals surface area contributed by atoms with Crippen LogP contribution in [0.15, 0.2) is 41.3 Å². The molecule has 0 aliphatic carbocycles. The van der Waals surface area contributed by atoms with Crippen molar-refractivity contribution < 1.29 is 35.8 Å². The number of halogens is 2. The summed E-state index contributed by atoms with van der Waals surface area (Å²) in [5.41, 5.74) is -0.176. The topological polar surface area (TPSA) is 102 Å². The molecule has 1 fully saturated rings. The van der Waals surface area contributed by atoms with E-state index in [0.29, 0.717) is 54.9 Å². The first-order valence-electron chi connectivity index (χ1n) is 14.5. The Kier molecular flexibility index (Phi) is 9.32. The van der Waals surface area contributed by atoms with Crippen molar-refractivity contribution >= 4 is 27.8 Å². The van der Waals surface area contributed by atoms with Crippen LogP contribution in [-0.2, 0) is 30.1 Å². The standard InChI is InChI=1S/C31H40F2N2O6S/c1-6-7-9-20(16-27(36)41-30(2,3)4)25-17-21(32)18-26-28(25)34-29(37)31(26,5)35-15-8-10-23(19-35)40-22-11-13-24(14-12-22)42(33,38)39/h11-14,17-18,20,23H,6-10,15-16,19H2,1-5H3,(H,34,37)/t20?,23-,31?/m1/s1. The van der Waals surface area contributed by atoms with Crippen LogP contribution in [0.3, 0.4) is 0 Å². The van der Waals surface area contributed by atoms with Gasteiger partial charge in [-0.2, -0.15) is 8.42 Å². The van der Waals surface area contributed by atoms with E-state index in [2.05, 4.69) is 5.32 Å². The summed E-state index contributed by atoms with van der Waals surface area (Å²) in [6.07, 6.45) is 3.49. The first-order chi connectivity index (χ1) is 19.6. The molecule has 3 atom stereocenters. The zero-order valence-corrected chi connectivity index (χ0v) is 25.7. The Morgan fingerprint density at radius 3 is 2.52 bits per heavy atom. The number of hydrogen-bond acceptors (Lipinski definition) is 7. The van der Waals surface area contributed by atoms with Crippen LogP contribution in [0.25, 0.3) is 0 Å². The zero-order valence-electron chi connectivity index (χ0n) is 24.8. The molecule has 0 aromatic heterocycles. The molecule has 11 heteroatoms. The SMILES string of the molecule is CCCCC(CC(=O)OC(C)(C)C)c1cc(F)cc2c1NC(=O)C2(C)N1CCC[C@@H](Oc2ccc(S(=O)(=O)F)cc2)C1. The monoisotopic (exact) mass is 606 g/mol. The predicted octanol–water partition coefficient (Wildman–Crippen LogP) is 6.20. The molecular formula is C31H40F2N2O6S. The van der Waals surface area contributed by atoms with Gasteiger partial charge in [0, 0.05) is 12.1 Å². The number of hydrogen-bond donors (Lipinski definition) is 1. The minimum absolute atomic E-state index is 0.0713. The number of fused-ring (bicyclic) bond motifs is 1. The minimum Gasteiger partial charge on any atom is -0.489 e. The molecule has 2 aromatic carbocycles. The second kappa shape index (κ2) is 12.3. The van der Waals surface area contributed by atoms with Crippen LogP contribution in [0, 0.1) is 5.82 Å². The van der Waals surface area contributed by atoms with Crippen molar-refractivity contribution in [3.63, 3.8) is 0 Å². The molecular weight excluding hydrogens is 566 g/mol. The van der Waals surface area contributed by atoms with E-state index in [1.54, 1.807) is 27.7 Å². The van der Waals surface area contributed by atoms with Gasteiger partial charge in [0.1, 0.15) is 28.8 Å². The number of amides is 1. The lowest BCUT2D eigenvalue weighted by Gasteiger charge is -2.42. The van der Waals surface area contributed by atoms with Gasteiger partial charge in [0.15, 0.2) is 0 Å². The molecule has 42 heavy (non-hydrogen) atoms. The van der Waals surface area contributed by atoms with E-state index >= 15 is 4.39 Å². The maximum atomic E-state index is 15.3. The highest BCUT2D eigenvalue weighted by atomic mass is 32.3. The molecule has 0 spiro atoms. The largest absolute Gasteiger partial charge is 0.489 e. The Balaban J connectivity index is 1.61. The van der Waals surface area contributed by atoms with Gasteiger partial charge in [-0.25, -0.2) is 4.39 Å². The molecule has 2 aliphatic heterocycles. The molecule has 230 valence electrons. The fourth-order valence-corrected chi connectivity index (χ4v) is 6.32. The average molecular weight is 607 g/mol. The second-order valence-corrected chi connectivity index (χ2v) is 13.7. The molecule has 2 aromatic rings. The molecule has 0 saturated carbocycles. The van der Waals surface area contributed by atoms with Crippen molar-refractivity contribution in [2.24, 2.45) is 0 Å². The van der Waals surface area contributed by atoms with Gasteiger partial charge in [-0.1, -0.05) is 19.8 Å². The molecule has 8 nitrogen and oxygen atoms in total. The van der Waals surface area contributed by atoms with Crippen LogP contribution in [0.2, 0.25) is 0 Å². The molecule has 0 radical (unpaired) electrons. The Hall–Kier alpha value is -3.05. The van der Waals surface area contributed by atoms with Crippen LogP contribution >= 0.6 is 0 Å². The Bertz CT molecular complexity index is 1420. The zero-order chi connectivity index (χ0) is 30.9. The van der Waals surface area contributed by atoms with Crippen LogP contribution in [-0.4, -0.2) is 50.0 Å². The van der Waals surface area contributed by atoms with Crippen LogP contribution < -0.4 is 10.1 Å². The molecule has 2 unspecified atom stereocenters. The van der Waals surface area contributed by atoms with E-state index in [4.69, 9.17) is 9.47 Å². The molecule has 2 heterocycles.